The number of carbonyl (C=O) groups is 1. The second-order valence-corrected chi connectivity index (χ2v) is 21.0. The number of esters is 1. The molecule has 0 aliphatic carbocycles. The van der Waals surface area contributed by atoms with Gasteiger partial charge < -0.3 is 20.1 Å². The van der Waals surface area contributed by atoms with Crippen LogP contribution in [0.5, 0.6) is 0 Å². The first-order valence-corrected chi connectivity index (χ1v) is 30.2. The SMILES string of the molecule is CCCCCCCCCC/C=C\CCCCCCCCCCCC(=O)OC(COCCCCCCCCCCCCCCCCCCCCCCCCCCC)COP(=O)(O)OCCN. The van der Waals surface area contributed by atoms with Crippen LogP contribution in [0.25, 0.3) is 0 Å². The van der Waals surface area contributed by atoms with Gasteiger partial charge in [0.1, 0.15) is 6.10 Å². The molecule has 8 nitrogen and oxygen atoms in total. The maximum Gasteiger partial charge on any atom is 0.472 e. The fourth-order valence-electron chi connectivity index (χ4n) is 8.70. The molecule has 0 saturated carbocycles. The van der Waals surface area contributed by atoms with E-state index in [4.69, 9.17) is 24.3 Å². The van der Waals surface area contributed by atoms with Crippen LogP contribution in [0.15, 0.2) is 12.2 Å². The van der Waals surface area contributed by atoms with E-state index in [-0.39, 0.29) is 32.3 Å². The van der Waals surface area contributed by atoms with E-state index in [1.807, 2.05) is 0 Å². The van der Waals surface area contributed by atoms with Crippen LogP contribution in [0, 0.1) is 0 Å². The van der Waals surface area contributed by atoms with E-state index in [1.165, 1.54) is 250 Å². The molecule has 9 heteroatoms. The fraction of sp³-hybridized carbons (Fsp3) is 0.946. The van der Waals surface area contributed by atoms with Gasteiger partial charge in [-0.05, 0) is 38.5 Å². The van der Waals surface area contributed by atoms with Gasteiger partial charge in [0.25, 0.3) is 0 Å². The predicted molar refractivity (Wildman–Crippen MR) is 280 cm³/mol. The molecular formula is C56H112NO7P. The van der Waals surface area contributed by atoms with Crippen LogP contribution in [0.2, 0.25) is 0 Å². The third-order valence-electron chi connectivity index (χ3n) is 12.9. The Morgan fingerprint density at radius 3 is 1.12 bits per heavy atom. The van der Waals surface area contributed by atoms with E-state index >= 15 is 0 Å². The van der Waals surface area contributed by atoms with Crippen LogP contribution in [0.1, 0.15) is 303 Å². The van der Waals surface area contributed by atoms with Gasteiger partial charge in [-0.15, -0.1) is 0 Å². The molecule has 0 bridgehead atoms. The summed E-state index contributed by atoms with van der Waals surface area (Å²) in [5.74, 6) is -0.324. The quantitative estimate of drug-likeness (QED) is 0.0268. The smallest absolute Gasteiger partial charge is 0.457 e. The lowest BCUT2D eigenvalue weighted by Gasteiger charge is -2.20. The largest absolute Gasteiger partial charge is 0.472 e. The predicted octanol–water partition coefficient (Wildman–Crippen LogP) is 18.2. The summed E-state index contributed by atoms with van der Waals surface area (Å²) in [5, 5.41) is 0. The number of hydrogen-bond donors (Lipinski definition) is 2. The van der Waals surface area contributed by atoms with Crippen LogP contribution < -0.4 is 5.73 Å². The molecule has 0 heterocycles. The number of unbranched alkanes of at least 4 members (excludes halogenated alkanes) is 41. The van der Waals surface area contributed by atoms with Crippen molar-refractivity contribution in [1.29, 1.82) is 0 Å². The van der Waals surface area contributed by atoms with Crippen molar-refractivity contribution in [2.75, 3.05) is 33.0 Å². The molecule has 0 amide bonds. The Morgan fingerprint density at radius 1 is 0.446 bits per heavy atom. The van der Waals surface area contributed by atoms with Crippen molar-refractivity contribution in [2.45, 2.75) is 309 Å². The Hall–Kier alpha value is -0.760. The Morgan fingerprint density at radius 2 is 0.769 bits per heavy atom. The summed E-state index contributed by atoms with van der Waals surface area (Å²) in [6.45, 7) is 5.00. The molecule has 2 atom stereocenters. The van der Waals surface area contributed by atoms with Gasteiger partial charge in [-0.25, -0.2) is 4.57 Å². The molecule has 0 rings (SSSR count). The topological polar surface area (TPSA) is 117 Å². The van der Waals surface area contributed by atoms with Gasteiger partial charge >= 0.3 is 13.8 Å². The van der Waals surface area contributed by atoms with Crippen molar-refractivity contribution in [3.63, 3.8) is 0 Å². The average molecular weight is 942 g/mol. The van der Waals surface area contributed by atoms with E-state index in [2.05, 4.69) is 26.0 Å². The highest BCUT2D eigenvalue weighted by Crippen LogP contribution is 2.43. The van der Waals surface area contributed by atoms with E-state index < -0.39 is 13.9 Å². The van der Waals surface area contributed by atoms with Gasteiger partial charge in [-0.3, -0.25) is 13.8 Å². The maximum atomic E-state index is 12.7. The minimum absolute atomic E-state index is 0.0919. The normalized spacial score (nSPS) is 13.2. The van der Waals surface area contributed by atoms with Crippen LogP contribution in [0.3, 0.4) is 0 Å². The van der Waals surface area contributed by atoms with E-state index in [0.29, 0.717) is 13.0 Å². The van der Waals surface area contributed by atoms with Crippen LogP contribution in [0.4, 0.5) is 0 Å². The van der Waals surface area contributed by atoms with Crippen LogP contribution in [-0.4, -0.2) is 49.9 Å². The summed E-state index contributed by atoms with van der Waals surface area (Å²) in [6, 6.07) is 0. The molecule has 0 saturated heterocycles. The van der Waals surface area contributed by atoms with Crippen molar-refractivity contribution in [2.24, 2.45) is 5.73 Å². The van der Waals surface area contributed by atoms with Gasteiger partial charge in [-0.1, -0.05) is 270 Å². The van der Waals surface area contributed by atoms with Crippen LogP contribution in [-0.2, 0) is 27.9 Å². The molecule has 2 unspecified atom stereocenters. The van der Waals surface area contributed by atoms with Crippen molar-refractivity contribution in [1.82, 2.24) is 0 Å². The summed E-state index contributed by atoms with van der Waals surface area (Å²) in [4.78, 5) is 22.6. The minimum atomic E-state index is -4.28. The molecule has 0 spiro atoms. The fourth-order valence-corrected chi connectivity index (χ4v) is 9.47. The zero-order valence-corrected chi connectivity index (χ0v) is 44.4. The summed E-state index contributed by atoms with van der Waals surface area (Å²) < 4.78 is 33.7. The monoisotopic (exact) mass is 942 g/mol. The molecule has 0 aliphatic heterocycles. The first-order chi connectivity index (χ1) is 31.9. The molecule has 0 fully saturated rings. The molecule has 3 N–H and O–H groups in total. The zero-order chi connectivity index (χ0) is 47.3. The first kappa shape index (κ1) is 64.2. The second kappa shape index (κ2) is 54.2. The zero-order valence-electron chi connectivity index (χ0n) is 43.5. The third-order valence-corrected chi connectivity index (χ3v) is 13.9. The number of phosphoric ester groups is 1. The summed E-state index contributed by atoms with van der Waals surface area (Å²) in [7, 11) is -4.28. The molecule has 0 aromatic carbocycles. The highest BCUT2D eigenvalue weighted by atomic mass is 31.2. The van der Waals surface area contributed by atoms with Crippen LogP contribution >= 0.6 is 7.82 Å². The lowest BCUT2D eigenvalue weighted by atomic mass is 10.0. The summed E-state index contributed by atoms with van der Waals surface area (Å²) in [5.41, 5.74) is 5.40. The first-order valence-electron chi connectivity index (χ1n) is 28.7. The van der Waals surface area contributed by atoms with Gasteiger partial charge in [-0.2, -0.15) is 0 Å². The van der Waals surface area contributed by atoms with Crippen molar-refractivity contribution < 1.29 is 32.8 Å². The lowest BCUT2D eigenvalue weighted by molar-refractivity contribution is -0.154. The van der Waals surface area contributed by atoms with E-state index in [0.717, 1.165) is 32.1 Å². The van der Waals surface area contributed by atoms with E-state index in [9.17, 15) is 14.3 Å². The Balaban J connectivity index is 3.83. The molecule has 0 aliphatic rings. The maximum absolute atomic E-state index is 12.7. The number of rotatable bonds is 56. The number of nitrogens with two attached hydrogens (primary N) is 1. The highest BCUT2D eigenvalue weighted by Gasteiger charge is 2.25. The number of phosphoric acid groups is 1. The Bertz CT molecular complexity index is 1010. The Labute approximate surface area is 404 Å². The molecular weight excluding hydrogens is 830 g/mol. The van der Waals surface area contributed by atoms with Crippen molar-refractivity contribution >= 4 is 13.8 Å². The van der Waals surface area contributed by atoms with E-state index in [1.54, 1.807) is 0 Å². The van der Waals surface area contributed by atoms with Gasteiger partial charge in [0.2, 0.25) is 0 Å². The van der Waals surface area contributed by atoms with Gasteiger partial charge in [0.05, 0.1) is 19.8 Å². The molecule has 0 aromatic rings. The second-order valence-electron chi connectivity index (χ2n) is 19.5. The molecule has 0 radical (unpaired) electrons. The number of allylic oxidation sites excluding steroid dienone is 2. The van der Waals surface area contributed by atoms with Crippen molar-refractivity contribution in [3.8, 4) is 0 Å². The highest BCUT2D eigenvalue weighted by molar-refractivity contribution is 7.47. The molecule has 65 heavy (non-hydrogen) atoms. The van der Waals surface area contributed by atoms with Gasteiger partial charge in [0.15, 0.2) is 0 Å². The summed E-state index contributed by atoms with van der Waals surface area (Å²) >= 11 is 0. The third kappa shape index (κ3) is 54.1. The lowest BCUT2D eigenvalue weighted by Crippen LogP contribution is -2.28. The van der Waals surface area contributed by atoms with Gasteiger partial charge in [0, 0.05) is 19.6 Å². The number of hydrogen-bond acceptors (Lipinski definition) is 7. The summed E-state index contributed by atoms with van der Waals surface area (Å²) in [6.07, 6.45) is 62.7. The minimum Gasteiger partial charge on any atom is -0.457 e. The number of ether oxygens (including phenoxy) is 2. The standard InChI is InChI=1S/C56H112NO7P/c1-3-5-7-9-11-13-15-17-19-21-23-25-26-27-28-30-32-34-36-38-40-42-44-46-48-51-61-53-55(54-63-65(59,60)62-52-50-57)64-56(58)49-47-45-43-41-39-37-35-33-31-29-24-22-20-18-16-14-12-10-8-6-4-2/h22,24,55H,3-21,23,25-54,57H2,1-2H3,(H,59,60)/b24-22-. The Kier molecular flexibility index (Phi) is 53.6. The average Bonchev–Trinajstić information content (AvgIpc) is 3.30. The van der Waals surface area contributed by atoms with Crippen molar-refractivity contribution in [3.05, 3.63) is 12.2 Å². The molecule has 388 valence electrons. The number of carbonyl (C=O) groups excluding carboxylic acids is 1. The molecule has 0 aromatic heterocycles.